The van der Waals surface area contributed by atoms with Gasteiger partial charge in [-0.05, 0) is 81.0 Å². The molecular weight excluding hydrogens is 348 g/mol. The number of rotatable bonds is 2. The molecule has 0 unspecified atom stereocenters. The standard InChI is InChI=1S/C25H38O3/c1-15-14-21-19-11-10-18-8-7-9-22(28-17(3)27)24(18,5)20(19)12-13-23(21,4)25(15,6)16(2)26/h10,15,19-22H,7-9,11-14H2,1-6H3/t15-,19-,20-,21-,22+,23+,24+,25-/m1/s1. The maximum atomic E-state index is 12.8. The molecule has 3 nitrogen and oxygen atoms in total. The molecular formula is C25H38O3. The van der Waals surface area contributed by atoms with Crippen molar-refractivity contribution in [3.8, 4) is 0 Å². The van der Waals surface area contributed by atoms with Crippen molar-refractivity contribution in [2.24, 2.45) is 39.9 Å². The molecule has 0 heterocycles. The van der Waals surface area contributed by atoms with Crippen LogP contribution in [0.5, 0.6) is 0 Å². The van der Waals surface area contributed by atoms with Crippen LogP contribution in [0.1, 0.15) is 86.5 Å². The van der Waals surface area contributed by atoms with Crippen LogP contribution in [-0.4, -0.2) is 17.9 Å². The lowest BCUT2D eigenvalue weighted by Crippen LogP contribution is -2.56. The lowest BCUT2D eigenvalue weighted by molar-refractivity contribution is -0.164. The van der Waals surface area contributed by atoms with Crippen LogP contribution in [0.25, 0.3) is 0 Å². The number of fused-ring (bicyclic) bond motifs is 5. The summed E-state index contributed by atoms with van der Waals surface area (Å²) in [6.07, 6.45) is 10.3. The number of carbonyl (C=O) groups excluding carboxylic acids is 2. The highest BCUT2D eigenvalue weighted by Gasteiger charge is 2.67. The predicted molar refractivity (Wildman–Crippen MR) is 111 cm³/mol. The molecule has 4 aliphatic carbocycles. The van der Waals surface area contributed by atoms with Crippen LogP contribution in [0.3, 0.4) is 0 Å². The van der Waals surface area contributed by atoms with Gasteiger partial charge in [-0.3, -0.25) is 9.59 Å². The Labute approximate surface area is 170 Å². The average Bonchev–Trinajstić information content (AvgIpc) is 2.83. The van der Waals surface area contributed by atoms with E-state index in [0.717, 1.165) is 44.9 Å². The van der Waals surface area contributed by atoms with Crippen molar-refractivity contribution in [2.75, 3.05) is 0 Å². The van der Waals surface area contributed by atoms with Crippen molar-refractivity contribution < 1.29 is 14.3 Å². The molecule has 8 atom stereocenters. The van der Waals surface area contributed by atoms with Crippen LogP contribution >= 0.6 is 0 Å². The van der Waals surface area contributed by atoms with Gasteiger partial charge < -0.3 is 4.74 Å². The summed E-state index contributed by atoms with van der Waals surface area (Å²) < 4.78 is 5.92. The third-order valence-corrected chi connectivity index (χ3v) is 10.3. The fraction of sp³-hybridized carbons (Fsp3) is 0.840. The molecule has 0 amide bonds. The fourth-order valence-corrected chi connectivity index (χ4v) is 8.40. The highest BCUT2D eigenvalue weighted by molar-refractivity contribution is 5.83. The lowest BCUT2D eigenvalue weighted by atomic mass is 9.45. The Morgan fingerprint density at radius 3 is 2.46 bits per heavy atom. The first-order chi connectivity index (χ1) is 13.1. The Kier molecular flexibility index (Phi) is 4.64. The van der Waals surface area contributed by atoms with Crippen molar-refractivity contribution in [1.29, 1.82) is 0 Å². The zero-order chi connectivity index (χ0) is 20.5. The molecule has 0 radical (unpaired) electrons. The molecule has 3 saturated carbocycles. The van der Waals surface area contributed by atoms with Crippen molar-refractivity contribution >= 4 is 11.8 Å². The first kappa shape index (κ1) is 20.2. The van der Waals surface area contributed by atoms with Crippen molar-refractivity contribution in [3.05, 3.63) is 11.6 Å². The zero-order valence-corrected chi connectivity index (χ0v) is 18.6. The molecule has 0 saturated heterocycles. The van der Waals surface area contributed by atoms with Crippen molar-refractivity contribution in [3.63, 3.8) is 0 Å². The van der Waals surface area contributed by atoms with Gasteiger partial charge in [-0.25, -0.2) is 0 Å². The SMILES string of the molecule is CC(=O)O[C@H]1CCCC2=CC[C@@H]3[C@@H](CC[C@@]4(C)[C@@H]3C[C@@H](C)[C@]4(C)C(C)=O)[C@]21C. The molecule has 3 fully saturated rings. The Bertz CT molecular complexity index is 723. The molecule has 0 N–H and O–H groups in total. The van der Waals surface area contributed by atoms with Gasteiger partial charge in [0.05, 0.1) is 0 Å². The average molecular weight is 387 g/mol. The first-order valence-electron chi connectivity index (χ1n) is 11.4. The van der Waals surface area contributed by atoms with E-state index >= 15 is 0 Å². The Morgan fingerprint density at radius 1 is 1.11 bits per heavy atom. The van der Waals surface area contributed by atoms with Gasteiger partial charge in [0.25, 0.3) is 0 Å². The molecule has 28 heavy (non-hydrogen) atoms. The minimum absolute atomic E-state index is 0.0140. The molecule has 3 heteroatoms. The third kappa shape index (κ3) is 2.40. The summed E-state index contributed by atoms with van der Waals surface area (Å²) in [5, 5.41) is 0. The molecule has 0 aromatic rings. The van der Waals surface area contributed by atoms with E-state index in [4.69, 9.17) is 4.74 Å². The Morgan fingerprint density at radius 2 is 1.82 bits per heavy atom. The van der Waals surface area contributed by atoms with E-state index in [0.29, 0.717) is 29.5 Å². The molecule has 156 valence electrons. The zero-order valence-electron chi connectivity index (χ0n) is 18.6. The number of allylic oxidation sites excluding steroid dienone is 1. The van der Waals surface area contributed by atoms with E-state index in [9.17, 15) is 9.59 Å². The van der Waals surface area contributed by atoms with E-state index in [2.05, 4.69) is 33.8 Å². The minimum Gasteiger partial charge on any atom is -0.462 e. The van der Waals surface area contributed by atoms with Gasteiger partial charge in [-0.15, -0.1) is 0 Å². The first-order valence-corrected chi connectivity index (χ1v) is 11.4. The van der Waals surface area contributed by atoms with E-state index in [1.54, 1.807) is 6.92 Å². The summed E-state index contributed by atoms with van der Waals surface area (Å²) in [6.45, 7) is 12.7. The van der Waals surface area contributed by atoms with Crippen LogP contribution in [0.15, 0.2) is 11.6 Å². The maximum Gasteiger partial charge on any atom is 0.302 e. The van der Waals surface area contributed by atoms with Gasteiger partial charge >= 0.3 is 5.97 Å². The van der Waals surface area contributed by atoms with Gasteiger partial charge in [-0.2, -0.15) is 0 Å². The molecule has 0 aromatic carbocycles. The van der Waals surface area contributed by atoms with Gasteiger partial charge in [0.1, 0.15) is 11.9 Å². The number of carbonyl (C=O) groups is 2. The second kappa shape index (κ2) is 6.44. The highest BCUT2D eigenvalue weighted by Crippen LogP contribution is 2.71. The lowest BCUT2D eigenvalue weighted by Gasteiger charge is -2.60. The summed E-state index contributed by atoms with van der Waals surface area (Å²) >= 11 is 0. The molecule has 0 aliphatic heterocycles. The van der Waals surface area contributed by atoms with E-state index in [-0.39, 0.29) is 28.3 Å². The van der Waals surface area contributed by atoms with Gasteiger partial charge in [0, 0.05) is 17.8 Å². The summed E-state index contributed by atoms with van der Waals surface area (Å²) in [6, 6.07) is 0. The van der Waals surface area contributed by atoms with Gasteiger partial charge in [-0.1, -0.05) is 39.3 Å². The van der Waals surface area contributed by atoms with Crippen LogP contribution in [0.2, 0.25) is 0 Å². The predicted octanol–water partition coefficient (Wildman–Crippen LogP) is 5.72. The maximum absolute atomic E-state index is 12.8. The Balaban J connectivity index is 1.73. The number of hydrogen-bond donors (Lipinski definition) is 0. The summed E-state index contributed by atoms with van der Waals surface area (Å²) in [5.74, 6) is 2.42. The molecule has 0 bridgehead atoms. The van der Waals surface area contributed by atoms with Crippen LogP contribution in [-0.2, 0) is 14.3 Å². The molecule has 4 aliphatic rings. The Hall–Kier alpha value is -1.12. The van der Waals surface area contributed by atoms with Crippen LogP contribution in [0, 0.1) is 39.9 Å². The van der Waals surface area contributed by atoms with E-state index < -0.39 is 0 Å². The van der Waals surface area contributed by atoms with Gasteiger partial charge in [0.15, 0.2) is 0 Å². The second-order valence-electron chi connectivity index (χ2n) is 11.0. The normalized spacial score (nSPS) is 50.1. The van der Waals surface area contributed by atoms with Crippen LogP contribution in [0.4, 0.5) is 0 Å². The molecule has 0 spiro atoms. The number of ketones is 1. The van der Waals surface area contributed by atoms with Gasteiger partial charge in [0.2, 0.25) is 0 Å². The second-order valence-corrected chi connectivity index (χ2v) is 11.0. The summed E-state index contributed by atoms with van der Waals surface area (Å²) in [7, 11) is 0. The van der Waals surface area contributed by atoms with E-state index in [1.807, 2.05) is 6.92 Å². The molecule has 0 aromatic heterocycles. The third-order valence-electron chi connectivity index (χ3n) is 10.3. The quantitative estimate of drug-likeness (QED) is 0.450. The monoisotopic (exact) mass is 386 g/mol. The minimum atomic E-state index is -0.213. The number of hydrogen-bond acceptors (Lipinski definition) is 3. The van der Waals surface area contributed by atoms with Crippen molar-refractivity contribution in [1.82, 2.24) is 0 Å². The van der Waals surface area contributed by atoms with Crippen molar-refractivity contribution in [2.45, 2.75) is 92.6 Å². The number of Topliss-reactive ketones (excluding diaryl/α,β-unsaturated/α-hetero) is 1. The molecule has 4 rings (SSSR count). The smallest absolute Gasteiger partial charge is 0.302 e. The number of esters is 1. The topological polar surface area (TPSA) is 43.4 Å². The number of ether oxygens (including phenoxy) is 1. The fourth-order valence-electron chi connectivity index (χ4n) is 8.40. The highest BCUT2D eigenvalue weighted by atomic mass is 16.5. The van der Waals surface area contributed by atoms with E-state index in [1.165, 1.54) is 5.57 Å². The largest absolute Gasteiger partial charge is 0.462 e. The van der Waals surface area contributed by atoms with Crippen LogP contribution < -0.4 is 0 Å². The summed E-state index contributed by atoms with van der Waals surface area (Å²) in [5.41, 5.74) is 1.39. The summed E-state index contributed by atoms with van der Waals surface area (Å²) in [4.78, 5) is 24.6.